The SMILES string of the molecule is C=S1(=O)c2ccccc2S(=O)(=O)c2cc(-c3cccc4sc5cccc(-n6c7ccc(-n8c9ccccc9c9ccccc98)cc7c7cc(-n8c9ccccc9c9ccccc98)ccc76)c5c34)ccc21. The quantitative estimate of drug-likeness (QED) is 0.165. The Morgan fingerprint density at radius 1 is 0.357 bits per heavy atom. The third-order valence-electron chi connectivity index (χ3n) is 14.5. The van der Waals surface area contributed by atoms with Gasteiger partial charge in [-0.3, -0.25) is 4.21 Å². The average Bonchev–Trinajstić information content (AvgIpc) is 4.14. The second-order valence-electron chi connectivity index (χ2n) is 18.2. The minimum atomic E-state index is -3.99. The number of hydrogen-bond acceptors (Lipinski definition) is 4. The molecule has 0 saturated heterocycles. The van der Waals surface area contributed by atoms with Crippen molar-refractivity contribution in [1.29, 1.82) is 0 Å². The lowest BCUT2D eigenvalue weighted by molar-refractivity contribution is 0.588. The van der Waals surface area contributed by atoms with E-state index in [1.54, 1.807) is 41.7 Å². The summed E-state index contributed by atoms with van der Waals surface area (Å²) in [7, 11) is -7.07. The maximum atomic E-state index is 14.4. The van der Waals surface area contributed by atoms with Crippen LogP contribution in [0.5, 0.6) is 0 Å². The van der Waals surface area contributed by atoms with E-state index in [0.29, 0.717) is 0 Å². The molecule has 15 rings (SSSR count). The van der Waals surface area contributed by atoms with Gasteiger partial charge in [-0.15, -0.1) is 11.3 Å². The fourth-order valence-electron chi connectivity index (χ4n) is 11.6. The number of thiophene rings is 1. The molecule has 0 radical (unpaired) electrons. The predicted octanol–water partition coefficient (Wildman–Crippen LogP) is 15.3. The molecule has 14 aromatic rings. The standard InChI is InChI=1S/C61H37N3O3S3/c1-69(65)56-26-10-11-27-58(56)70(66,67)59-34-37(28-33-57(59)69)40-18-12-24-54-60(40)61-53(23-13-25-55(61)68-54)64-51-31-29-38(62-47-19-6-2-14-41(47)42-15-3-7-20-48(42)62)35-45(51)46-36-39(30-32-52(46)64)63-49-21-8-4-16-43(49)44-17-5-9-22-50(44)63/h2-36H,1H2. The van der Waals surface area contributed by atoms with Crippen molar-refractivity contribution >= 4 is 122 Å². The number of benzene rings is 10. The van der Waals surface area contributed by atoms with E-state index in [1.807, 2.05) is 12.1 Å². The van der Waals surface area contributed by atoms with Crippen molar-refractivity contribution in [2.45, 2.75) is 19.6 Å². The summed E-state index contributed by atoms with van der Waals surface area (Å²) in [6, 6.07) is 72.9. The zero-order chi connectivity index (χ0) is 46.6. The van der Waals surface area contributed by atoms with Gasteiger partial charge in [0.25, 0.3) is 0 Å². The summed E-state index contributed by atoms with van der Waals surface area (Å²) < 4.78 is 52.4. The Hall–Kier alpha value is -8.21. The largest absolute Gasteiger partial charge is 0.309 e. The van der Waals surface area contributed by atoms with E-state index in [2.05, 4.69) is 183 Å². The van der Waals surface area contributed by atoms with Crippen LogP contribution in [0.25, 0.3) is 114 Å². The molecule has 0 spiro atoms. The molecular formula is C61H37N3O3S3. The van der Waals surface area contributed by atoms with Crippen molar-refractivity contribution in [2.75, 3.05) is 0 Å². The number of para-hydroxylation sites is 4. The monoisotopic (exact) mass is 955 g/mol. The molecule has 5 heterocycles. The first-order chi connectivity index (χ1) is 34.3. The molecule has 1 aliphatic heterocycles. The number of rotatable bonds is 4. The lowest BCUT2D eigenvalue weighted by Gasteiger charge is -2.24. The molecule has 70 heavy (non-hydrogen) atoms. The topological polar surface area (TPSA) is 66.0 Å². The molecule has 1 atom stereocenters. The van der Waals surface area contributed by atoms with Crippen LogP contribution in [-0.4, -0.2) is 32.2 Å². The minimum Gasteiger partial charge on any atom is -0.309 e. The highest BCUT2D eigenvalue weighted by atomic mass is 32.2. The Morgan fingerprint density at radius 3 is 1.37 bits per heavy atom. The van der Waals surface area contributed by atoms with Crippen LogP contribution in [0.2, 0.25) is 0 Å². The molecule has 0 N–H and O–H groups in total. The molecule has 0 amide bonds. The van der Waals surface area contributed by atoms with Gasteiger partial charge in [-0.2, -0.15) is 0 Å². The van der Waals surface area contributed by atoms with E-state index in [1.165, 1.54) is 27.6 Å². The van der Waals surface area contributed by atoms with E-state index in [0.717, 1.165) is 92.2 Å². The predicted molar refractivity (Wildman–Crippen MR) is 291 cm³/mol. The van der Waals surface area contributed by atoms with Gasteiger partial charge in [0.05, 0.1) is 58.4 Å². The summed E-state index contributed by atoms with van der Waals surface area (Å²) in [6.45, 7) is 0. The normalized spacial score (nSPS) is 15.5. The maximum absolute atomic E-state index is 14.4. The summed E-state index contributed by atoms with van der Waals surface area (Å²) in [5.74, 6) is 4.10. The molecule has 10 aromatic carbocycles. The zero-order valence-corrected chi connectivity index (χ0v) is 39.7. The highest BCUT2D eigenvalue weighted by Crippen LogP contribution is 2.48. The first-order valence-corrected chi connectivity index (χ1v) is 27.1. The van der Waals surface area contributed by atoms with E-state index < -0.39 is 19.4 Å². The number of aromatic nitrogens is 3. The molecule has 4 aromatic heterocycles. The van der Waals surface area contributed by atoms with Crippen LogP contribution in [0.4, 0.5) is 0 Å². The van der Waals surface area contributed by atoms with Crippen LogP contribution in [-0.2, 0) is 19.4 Å². The highest BCUT2D eigenvalue weighted by Gasteiger charge is 2.36. The zero-order valence-electron chi connectivity index (χ0n) is 37.2. The maximum Gasteiger partial charge on any atom is 0.208 e. The lowest BCUT2D eigenvalue weighted by atomic mass is 9.98. The summed E-state index contributed by atoms with van der Waals surface area (Å²) in [5, 5.41) is 9.17. The van der Waals surface area contributed by atoms with Crippen LogP contribution in [0.15, 0.2) is 232 Å². The minimum absolute atomic E-state index is 0.0426. The Kier molecular flexibility index (Phi) is 8.05. The van der Waals surface area contributed by atoms with Gasteiger partial charge in [0.15, 0.2) is 0 Å². The molecular weight excluding hydrogens is 919 g/mol. The van der Waals surface area contributed by atoms with Crippen LogP contribution in [0.1, 0.15) is 0 Å². The van der Waals surface area contributed by atoms with Crippen molar-refractivity contribution in [2.24, 2.45) is 0 Å². The van der Waals surface area contributed by atoms with Crippen LogP contribution < -0.4 is 0 Å². The van der Waals surface area contributed by atoms with Crippen molar-refractivity contribution in [3.63, 3.8) is 0 Å². The number of nitrogens with zero attached hydrogens (tertiary/aromatic N) is 3. The van der Waals surface area contributed by atoms with Gasteiger partial charge >= 0.3 is 0 Å². The van der Waals surface area contributed by atoms with Gasteiger partial charge in [0.1, 0.15) is 0 Å². The van der Waals surface area contributed by atoms with E-state index in [-0.39, 0.29) is 19.6 Å². The molecule has 0 bridgehead atoms. The van der Waals surface area contributed by atoms with E-state index in [9.17, 15) is 12.6 Å². The molecule has 332 valence electrons. The number of sulfone groups is 1. The van der Waals surface area contributed by atoms with Crippen molar-refractivity contribution in [3.8, 4) is 28.2 Å². The Balaban J connectivity index is 1.01. The lowest BCUT2D eigenvalue weighted by Crippen LogP contribution is -2.19. The van der Waals surface area contributed by atoms with Gasteiger partial charge in [0.2, 0.25) is 9.84 Å². The first kappa shape index (κ1) is 39.8. The number of hydrogen-bond donors (Lipinski definition) is 0. The molecule has 0 fully saturated rings. The summed E-state index contributed by atoms with van der Waals surface area (Å²) in [6.07, 6.45) is 0. The van der Waals surface area contributed by atoms with Crippen molar-refractivity contribution in [3.05, 3.63) is 212 Å². The van der Waals surface area contributed by atoms with Gasteiger partial charge in [-0.1, -0.05) is 109 Å². The van der Waals surface area contributed by atoms with Crippen molar-refractivity contribution < 1.29 is 12.6 Å². The third-order valence-corrected chi connectivity index (χ3v) is 19.9. The molecule has 6 nitrogen and oxygen atoms in total. The molecule has 0 saturated carbocycles. The fraction of sp³-hybridized carbons (Fsp3) is 0. The first-order valence-electron chi connectivity index (χ1n) is 23.1. The Morgan fingerprint density at radius 2 is 0.814 bits per heavy atom. The third kappa shape index (κ3) is 5.28. The molecule has 1 aliphatic rings. The highest BCUT2D eigenvalue weighted by molar-refractivity contribution is 8.03. The smallest absolute Gasteiger partial charge is 0.208 e. The van der Waals surface area contributed by atoms with E-state index in [4.69, 9.17) is 0 Å². The number of fused-ring (bicyclic) bond motifs is 14. The Labute approximate surface area is 406 Å². The summed E-state index contributed by atoms with van der Waals surface area (Å²) in [5.41, 5.74) is 11.5. The molecule has 0 aliphatic carbocycles. The van der Waals surface area contributed by atoms with Crippen LogP contribution in [0.3, 0.4) is 0 Å². The Bertz CT molecular complexity index is 4600. The van der Waals surface area contributed by atoms with Gasteiger partial charge in [-0.25, -0.2) is 8.42 Å². The summed E-state index contributed by atoms with van der Waals surface area (Å²) >= 11 is 1.72. The van der Waals surface area contributed by atoms with Gasteiger partial charge in [-0.05, 0) is 120 Å². The molecule has 1 unspecified atom stereocenters. The van der Waals surface area contributed by atoms with E-state index >= 15 is 0 Å². The molecule has 9 heteroatoms. The van der Waals surface area contributed by atoms with Crippen LogP contribution in [0, 0.1) is 0 Å². The second kappa shape index (κ2) is 14.2. The van der Waals surface area contributed by atoms with Crippen LogP contribution >= 0.6 is 11.3 Å². The second-order valence-corrected chi connectivity index (χ2v) is 23.4. The average molecular weight is 956 g/mol. The fourth-order valence-corrected chi connectivity index (χ4v) is 17.2. The van der Waals surface area contributed by atoms with Gasteiger partial charge in [0, 0.05) is 73.4 Å². The van der Waals surface area contributed by atoms with Crippen molar-refractivity contribution in [1.82, 2.24) is 13.7 Å². The van der Waals surface area contributed by atoms with Gasteiger partial charge < -0.3 is 13.7 Å². The summed E-state index contributed by atoms with van der Waals surface area (Å²) in [4.78, 5) is 0.584.